The molecule has 0 atom stereocenters. The molecule has 0 saturated heterocycles. The van der Waals surface area contributed by atoms with Gasteiger partial charge in [-0.3, -0.25) is 4.79 Å². The van der Waals surface area contributed by atoms with Gasteiger partial charge in [-0.15, -0.1) is 6.42 Å². The molecule has 0 bridgehead atoms. The number of fused-ring (bicyclic) bond motifs is 1. The van der Waals surface area contributed by atoms with Crippen molar-refractivity contribution in [3.05, 3.63) is 45.9 Å². The number of benzene rings is 1. The van der Waals surface area contributed by atoms with Gasteiger partial charge in [-0.1, -0.05) is 5.92 Å². The molecule has 0 aliphatic carbocycles. The lowest BCUT2D eigenvalue weighted by Gasteiger charge is -2.05. The van der Waals surface area contributed by atoms with Crippen LogP contribution >= 0.6 is 0 Å². The molecule has 2 aromatic rings. The molecule has 1 aromatic carbocycles. The molecule has 0 spiro atoms. The largest absolute Gasteiger partial charge is 0.315 e. The van der Waals surface area contributed by atoms with Crippen molar-refractivity contribution < 1.29 is 0 Å². The zero-order valence-electron chi connectivity index (χ0n) is 8.74. The first-order valence-electron chi connectivity index (χ1n) is 4.70. The minimum atomic E-state index is 0.0218. The third kappa shape index (κ3) is 1.42. The van der Waals surface area contributed by atoms with Crippen molar-refractivity contribution in [2.24, 2.45) is 7.05 Å². The van der Waals surface area contributed by atoms with Gasteiger partial charge in [0.1, 0.15) is 0 Å². The third-order valence-electron chi connectivity index (χ3n) is 2.65. The minimum absolute atomic E-state index is 0.0218. The molecular formula is C13H11NO. The first-order valence-corrected chi connectivity index (χ1v) is 4.70. The zero-order chi connectivity index (χ0) is 11.0. The second-order valence-corrected chi connectivity index (χ2v) is 3.60. The van der Waals surface area contributed by atoms with Crippen LogP contribution in [0.3, 0.4) is 0 Å². The molecule has 2 rings (SSSR count). The SMILES string of the molecule is C#Cc1ccc2c(=O)n(C)c(C)cc2c1. The lowest BCUT2D eigenvalue weighted by molar-refractivity contribution is 0.830. The summed E-state index contributed by atoms with van der Waals surface area (Å²) in [5.41, 5.74) is 1.75. The van der Waals surface area contributed by atoms with E-state index in [1.807, 2.05) is 19.1 Å². The van der Waals surface area contributed by atoms with Gasteiger partial charge in [-0.05, 0) is 36.6 Å². The van der Waals surface area contributed by atoms with Gasteiger partial charge in [0.25, 0.3) is 5.56 Å². The third-order valence-corrected chi connectivity index (χ3v) is 2.65. The Kier molecular flexibility index (Phi) is 2.09. The van der Waals surface area contributed by atoms with Crippen LogP contribution in [0.25, 0.3) is 10.8 Å². The fraction of sp³-hybridized carbons (Fsp3) is 0.154. The van der Waals surface area contributed by atoms with Crippen molar-refractivity contribution in [2.75, 3.05) is 0 Å². The summed E-state index contributed by atoms with van der Waals surface area (Å²) >= 11 is 0. The standard InChI is InChI=1S/C13H11NO/c1-4-10-5-6-12-11(8-10)7-9(2)14(3)13(12)15/h1,5-8H,2-3H3. The molecule has 74 valence electrons. The van der Waals surface area contributed by atoms with E-state index in [-0.39, 0.29) is 5.56 Å². The highest BCUT2D eigenvalue weighted by Gasteiger charge is 2.03. The Morgan fingerprint density at radius 1 is 1.33 bits per heavy atom. The van der Waals surface area contributed by atoms with Gasteiger partial charge in [0.2, 0.25) is 0 Å². The van der Waals surface area contributed by atoms with E-state index < -0.39 is 0 Å². The molecule has 2 heteroatoms. The molecule has 0 saturated carbocycles. The summed E-state index contributed by atoms with van der Waals surface area (Å²) in [5.74, 6) is 2.56. The van der Waals surface area contributed by atoms with Gasteiger partial charge >= 0.3 is 0 Å². The maximum Gasteiger partial charge on any atom is 0.258 e. The summed E-state index contributed by atoms with van der Waals surface area (Å²) in [4.78, 5) is 11.9. The Morgan fingerprint density at radius 3 is 2.73 bits per heavy atom. The van der Waals surface area contributed by atoms with Crippen molar-refractivity contribution >= 4 is 10.8 Å². The predicted octanol–water partition coefficient (Wildman–Crippen LogP) is 1.83. The van der Waals surface area contributed by atoms with E-state index in [2.05, 4.69) is 5.92 Å². The molecule has 0 N–H and O–H groups in total. The van der Waals surface area contributed by atoms with Gasteiger partial charge in [-0.2, -0.15) is 0 Å². The van der Waals surface area contributed by atoms with Gasteiger partial charge in [-0.25, -0.2) is 0 Å². The lowest BCUT2D eigenvalue weighted by Crippen LogP contribution is -2.18. The fourth-order valence-corrected chi connectivity index (χ4v) is 1.63. The number of rotatable bonds is 0. The molecule has 0 radical (unpaired) electrons. The van der Waals surface area contributed by atoms with E-state index in [9.17, 15) is 4.79 Å². The van der Waals surface area contributed by atoms with Crippen LogP contribution in [-0.2, 0) is 7.05 Å². The summed E-state index contributed by atoms with van der Waals surface area (Å²) < 4.78 is 1.64. The van der Waals surface area contributed by atoms with Crippen molar-refractivity contribution in [3.63, 3.8) is 0 Å². The number of nitrogens with zero attached hydrogens (tertiary/aromatic N) is 1. The van der Waals surface area contributed by atoms with Crippen molar-refractivity contribution in [2.45, 2.75) is 6.92 Å². The topological polar surface area (TPSA) is 22.0 Å². The molecule has 1 aromatic heterocycles. The highest BCUT2D eigenvalue weighted by Crippen LogP contribution is 2.13. The Morgan fingerprint density at radius 2 is 2.07 bits per heavy atom. The molecule has 0 aliphatic rings. The van der Waals surface area contributed by atoms with Gasteiger partial charge < -0.3 is 4.57 Å². The number of terminal acetylenes is 1. The quantitative estimate of drug-likeness (QED) is 0.590. The number of hydrogen-bond donors (Lipinski definition) is 0. The summed E-state index contributed by atoms with van der Waals surface area (Å²) in [6, 6.07) is 7.41. The average molecular weight is 197 g/mol. The Balaban J connectivity index is 2.94. The first-order chi connectivity index (χ1) is 7.13. The Hall–Kier alpha value is -2.01. The van der Waals surface area contributed by atoms with Crippen LogP contribution in [-0.4, -0.2) is 4.57 Å². The summed E-state index contributed by atoms with van der Waals surface area (Å²) in [7, 11) is 1.77. The maximum atomic E-state index is 11.9. The fourth-order valence-electron chi connectivity index (χ4n) is 1.63. The zero-order valence-corrected chi connectivity index (χ0v) is 8.74. The molecule has 15 heavy (non-hydrogen) atoms. The van der Waals surface area contributed by atoms with Gasteiger partial charge in [0, 0.05) is 23.7 Å². The minimum Gasteiger partial charge on any atom is -0.315 e. The van der Waals surface area contributed by atoms with Crippen molar-refractivity contribution in [1.29, 1.82) is 0 Å². The van der Waals surface area contributed by atoms with Crippen molar-refractivity contribution in [1.82, 2.24) is 4.57 Å². The Bertz CT molecular complexity index is 629. The summed E-state index contributed by atoms with van der Waals surface area (Å²) in [6.45, 7) is 1.91. The van der Waals surface area contributed by atoms with E-state index in [0.29, 0.717) is 5.39 Å². The molecule has 0 amide bonds. The van der Waals surface area contributed by atoms with Crippen LogP contribution in [0.4, 0.5) is 0 Å². The smallest absolute Gasteiger partial charge is 0.258 e. The van der Waals surface area contributed by atoms with Gasteiger partial charge in [0.15, 0.2) is 0 Å². The van der Waals surface area contributed by atoms with E-state index in [4.69, 9.17) is 6.42 Å². The van der Waals surface area contributed by atoms with Crippen LogP contribution in [0.1, 0.15) is 11.3 Å². The maximum absolute atomic E-state index is 11.9. The number of pyridine rings is 1. The molecule has 2 nitrogen and oxygen atoms in total. The van der Waals surface area contributed by atoms with Crippen LogP contribution in [0.2, 0.25) is 0 Å². The van der Waals surface area contributed by atoms with Crippen LogP contribution in [0.15, 0.2) is 29.1 Å². The molecule has 0 fully saturated rings. The highest BCUT2D eigenvalue weighted by atomic mass is 16.1. The number of aromatic nitrogens is 1. The van der Waals surface area contributed by atoms with Crippen LogP contribution < -0.4 is 5.56 Å². The predicted molar refractivity (Wildman–Crippen MR) is 61.9 cm³/mol. The lowest BCUT2D eigenvalue weighted by atomic mass is 10.1. The van der Waals surface area contributed by atoms with E-state index in [1.54, 1.807) is 23.7 Å². The number of hydrogen-bond acceptors (Lipinski definition) is 1. The van der Waals surface area contributed by atoms with E-state index in [1.165, 1.54) is 0 Å². The van der Waals surface area contributed by atoms with Crippen LogP contribution in [0.5, 0.6) is 0 Å². The van der Waals surface area contributed by atoms with E-state index in [0.717, 1.165) is 16.6 Å². The molecule has 1 heterocycles. The van der Waals surface area contributed by atoms with E-state index >= 15 is 0 Å². The molecule has 0 unspecified atom stereocenters. The highest BCUT2D eigenvalue weighted by molar-refractivity contribution is 5.83. The monoisotopic (exact) mass is 197 g/mol. The second kappa shape index (κ2) is 3.29. The van der Waals surface area contributed by atoms with Gasteiger partial charge in [0.05, 0.1) is 0 Å². The number of aryl methyl sites for hydroxylation is 1. The average Bonchev–Trinajstić information content (AvgIpc) is 2.25. The first kappa shape index (κ1) is 9.54. The molecule has 0 aliphatic heterocycles. The summed E-state index contributed by atoms with van der Waals surface area (Å²) in [5, 5.41) is 1.62. The second-order valence-electron chi connectivity index (χ2n) is 3.60. The van der Waals surface area contributed by atoms with Crippen LogP contribution in [0, 0.1) is 19.3 Å². The molecular weight excluding hydrogens is 186 g/mol. The summed E-state index contributed by atoms with van der Waals surface area (Å²) in [6.07, 6.45) is 5.31. The van der Waals surface area contributed by atoms with Crippen molar-refractivity contribution in [3.8, 4) is 12.3 Å². The normalized spacial score (nSPS) is 10.2. The Labute approximate surface area is 88.2 Å².